The van der Waals surface area contributed by atoms with Gasteiger partial charge >= 0.3 is 6.18 Å². The average Bonchev–Trinajstić information content (AvgIpc) is 3.28. The van der Waals surface area contributed by atoms with Crippen LogP contribution in [0.1, 0.15) is 46.0 Å². The van der Waals surface area contributed by atoms with Gasteiger partial charge in [-0.05, 0) is 29.2 Å². The zero-order chi connectivity index (χ0) is 24.1. The molecule has 0 N–H and O–H groups in total. The maximum Gasteiger partial charge on any atom is 0.417 e. The summed E-state index contributed by atoms with van der Waals surface area (Å²) in [6, 6.07) is 2.83. The fourth-order valence-electron chi connectivity index (χ4n) is 3.97. The van der Waals surface area contributed by atoms with Crippen molar-refractivity contribution in [2.45, 2.75) is 31.9 Å². The van der Waals surface area contributed by atoms with Crippen LogP contribution in [-0.2, 0) is 18.0 Å². The Kier molecular flexibility index (Phi) is 5.63. The van der Waals surface area contributed by atoms with Crippen molar-refractivity contribution in [3.63, 3.8) is 0 Å². The first-order chi connectivity index (χ1) is 15.4. The highest BCUT2D eigenvalue weighted by Gasteiger charge is 2.35. The Bertz CT molecular complexity index is 1220. The standard InChI is InChI=1S/C22H23F3N6OS/c1-21(2)11-31(5)17-10-27-16(7-14(17)21)19-28-18(33-29-19)8-15-13(20(32)30(3)4)6-12(9-26-15)22(23,24)25/h6-7,9-10H,8,11H2,1-5H3. The summed E-state index contributed by atoms with van der Waals surface area (Å²) < 4.78 is 43.9. The SMILES string of the molecule is CN(C)C(=O)c1cc(C(F)(F)F)cnc1Cc1nc(-c2cc3c(cn2)N(C)CC3(C)C)ns1. The van der Waals surface area contributed by atoms with Gasteiger partial charge in [0, 0.05) is 45.7 Å². The van der Waals surface area contributed by atoms with E-state index in [0.717, 1.165) is 41.6 Å². The average molecular weight is 477 g/mol. The van der Waals surface area contributed by atoms with Gasteiger partial charge in [-0.25, -0.2) is 4.98 Å². The molecule has 174 valence electrons. The minimum atomic E-state index is -4.59. The van der Waals surface area contributed by atoms with Crippen molar-refractivity contribution < 1.29 is 18.0 Å². The zero-order valence-electron chi connectivity index (χ0n) is 18.9. The van der Waals surface area contributed by atoms with Crippen LogP contribution in [0.2, 0.25) is 0 Å². The number of amides is 1. The van der Waals surface area contributed by atoms with Crippen molar-refractivity contribution in [3.05, 3.63) is 51.9 Å². The molecule has 0 radical (unpaired) electrons. The molecular weight excluding hydrogens is 453 g/mol. The van der Waals surface area contributed by atoms with E-state index in [1.165, 1.54) is 19.0 Å². The number of rotatable bonds is 4. The van der Waals surface area contributed by atoms with Gasteiger partial charge in [0.1, 0.15) is 10.7 Å². The van der Waals surface area contributed by atoms with Crippen molar-refractivity contribution in [2.24, 2.45) is 0 Å². The van der Waals surface area contributed by atoms with Crippen molar-refractivity contribution >= 4 is 23.1 Å². The third-order valence-corrected chi connectivity index (χ3v) is 6.32. The van der Waals surface area contributed by atoms with Crippen LogP contribution in [0.25, 0.3) is 11.5 Å². The number of carbonyl (C=O) groups excluding carboxylic acids is 1. The molecule has 11 heteroatoms. The van der Waals surface area contributed by atoms with Crippen molar-refractivity contribution in [2.75, 3.05) is 32.6 Å². The smallest absolute Gasteiger partial charge is 0.372 e. The lowest BCUT2D eigenvalue weighted by molar-refractivity contribution is -0.137. The number of carbonyl (C=O) groups is 1. The minimum absolute atomic E-state index is 0.0355. The molecule has 1 aliphatic heterocycles. The number of nitrogens with zero attached hydrogens (tertiary/aromatic N) is 6. The number of hydrogen-bond donors (Lipinski definition) is 0. The van der Waals surface area contributed by atoms with Gasteiger partial charge in [0.15, 0.2) is 5.82 Å². The number of hydrogen-bond acceptors (Lipinski definition) is 7. The number of pyridine rings is 2. The number of halogens is 3. The Morgan fingerprint density at radius 1 is 1.21 bits per heavy atom. The van der Waals surface area contributed by atoms with Gasteiger partial charge in [0.2, 0.25) is 0 Å². The van der Waals surface area contributed by atoms with E-state index in [2.05, 4.69) is 38.1 Å². The molecule has 0 bridgehead atoms. The second-order valence-corrected chi connectivity index (χ2v) is 9.77. The van der Waals surface area contributed by atoms with E-state index in [9.17, 15) is 18.0 Å². The van der Waals surface area contributed by atoms with Crippen LogP contribution in [0, 0.1) is 0 Å². The van der Waals surface area contributed by atoms with Crippen LogP contribution in [0.4, 0.5) is 18.9 Å². The van der Waals surface area contributed by atoms with E-state index in [4.69, 9.17) is 0 Å². The Balaban J connectivity index is 1.65. The number of aromatic nitrogens is 4. The van der Waals surface area contributed by atoms with Gasteiger partial charge in [-0.3, -0.25) is 14.8 Å². The summed E-state index contributed by atoms with van der Waals surface area (Å²) in [6.45, 7) is 5.21. The van der Waals surface area contributed by atoms with Crippen LogP contribution < -0.4 is 4.90 Å². The maximum absolute atomic E-state index is 13.2. The summed E-state index contributed by atoms with van der Waals surface area (Å²) in [4.78, 5) is 28.9. The topological polar surface area (TPSA) is 75.1 Å². The van der Waals surface area contributed by atoms with Crippen molar-refractivity contribution in [3.8, 4) is 11.5 Å². The Hall–Kier alpha value is -3.08. The number of fused-ring (bicyclic) bond motifs is 1. The zero-order valence-corrected chi connectivity index (χ0v) is 19.7. The molecule has 7 nitrogen and oxygen atoms in total. The normalized spacial score (nSPS) is 15.0. The van der Waals surface area contributed by atoms with Crippen LogP contribution >= 0.6 is 11.5 Å². The van der Waals surface area contributed by atoms with E-state index >= 15 is 0 Å². The summed E-state index contributed by atoms with van der Waals surface area (Å²) in [5, 5.41) is 0.531. The summed E-state index contributed by atoms with van der Waals surface area (Å²) in [6.07, 6.45) is -1.95. The molecule has 0 spiro atoms. The van der Waals surface area contributed by atoms with Crippen LogP contribution in [0.5, 0.6) is 0 Å². The molecular formula is C22H23F3N6OS. The monoisotopic (exact) mass is 476 g/mol. The first-order valence-corrected chi connectivity index (χ1v) is 11.0. The van der Waals surface area contributed by atoms with Crippen LogP contribution in [-0.4, -0.2) is 57.8 Å². The Labute approximate surface area is 193 Å². The van der Waals surface area contributed by atoms with Crippen molar-refractivity contribution in [1.29, 1.82) is 0 Å². The van der Waals surface area contributed by atoms with Crippen LogP contribution in [0.3, 0.4) is 0 Å². The molecule has 0 aliphatic carbocycles. The van der Waals surface area contributed by atoms with E-state index in [1.54, 1.807) is 0 Å². The second-order valence-electron chi connectivity index (χ2n) is 8.93. The predicted octanol–water partition coefficient (Wildman–Crippen LogP) is 4.03. The maximum atomic E-state index is 13.2. The van der Waals surface area contributed by atoms with Crippen molar-refractivity contribution in [1.82, 2.24) is 24.2 Å². The van der Waals surface area contributed by atoms with Gasteiger partial charge in [0.25, 0.3) is 5.91 Å². The molecule has 0 saturated heterocycles. The summed E-state index contributed by atoms with van der Waals surface area (Å²) in [5.41, 5.74) is 1.97. The molecule has 0 aromatic carbocycles. The Morgan fingerprint density at radius 3 is 2.61 bits per heavy atom. The highest BCUT2D eigenvalue weighted by atomic mass is 32.1. The third kappa shape index (κ3) is 4.41. The fourth-order valence-corrected chi connectivity index (χ4v) is 4.62. The molecule has 4 heterocycles. The Morgan fingerprint density at radius 2 is 1.94 bits per heavy atom. The van der Waals surface area contributed by atoms with Gasteiger partial charge in [-0.1, -0.05) is 13.8 Å². The van der Waals surface area contributed by atoms with Gasteiger partial charge in [0.05, 0.1) is 28.7 Å². The summed E-state index contributed by atoms with van der Waals surface area (Å²) >= 11 is 1.11. The highest BCUT2D eigenvalue weighted by Crippen LogP contribution is 2.40. The molecule has 3 aromatic rings. The molecule has 1 amide bonds. The fraction of sp³-hybridized carbons (Fsp3) is 0.409. The lowest BCUT2D eigenvalue weighted by Gasteiger charge is -2.18. The number of likely N-dealkylation sites (N-methyl/N-ethyl adjacent to an activating group) is 1. The molecule has 33 heavy (non-hydrogen) atoms. The van der Waals surface area contributed by atoms with E-state index in [1.807, 2.05) is 19.3 Å². The lowest BCUT2D eigenvalue weighted by atomic mass is 9.87. The summed E-state index contributed by atoms with van der Waals surface area (Å²) in [7, 11) is 4.99. The summed E-state index contributed by atoms with van der Waals surface area (Å²) in [5.74, 6) is -0.115. The van der Waals surface area contributed by atoms with Gasteiger partial charge < -0.3 is 9.80 Å². The van der Waals surface area contributed by atoms with Gasteiger partial charge in [-0.2, -0.15) is 17.5 Å². The molecule has 0 saturated carbocycles. The number of anilines is 1. The largest absolute Gasteiger partial charge is 0.417 e. The quantitative estimate of drug-likeness (QED) is 0.566. The number of alkyl halides is 3. The van der Waals surface area contributed by atoms with E-state index in [-0.39, 0.29) is 23.1 Å². The first kappa shape index (κ1) is 23.1. The van der Waals surface area contributed by atoms with E-state index in [0.29, 0.717) is 16.5 Å². The highest BCUT2D eigenvalue weighted by molar-refractivity contribution is 7.05. The van der Waals surface area contributed by atoms with Gasteiger partial charge in [-0.15, -0.1) is 0 Å². The molecule has 1 aliphatic rings. The minimum Gasteiger partial charge on any atom is -0.372 e. The molecule has 0 atom stereocenters. The van der Waals surface area contributed by atoms with Crippen LogP contribution in [0.15, 0.2) is 24.5 Å². The second kappa shape index (κ2) is 8.05. The molecule has 0 fully saturated rings. The third-order valence-electron chi connectivity index (χ3n) is 5.61. The predicted molar refractivity (Wildman–Crippen MR) is 119 cm³/mol. The molecule has 3 aromatic heterocycles. The lowest BCUT2D eigenvalue weighted by Crippen LogP contribution is -2.24. The van der Waals surface area contributed by atoms with E-state index < -0.39 is 17.6 Å². The molecule has 4 rings (SSSR count). The molecule has 0 unspecified atom stereocenters. The first-order valence-electron chi connectivity index (χ1n) is 10.2.